The molecule has 7 heavy (non-hydrogen) atoms. The van der Waals surface area contributed by atoms with Gasteiger partial charge >= 0.3 is 0 Å². The molecule has 0 saturated carbocycles. The summed E-state index contributed by atoms with van der Waals surface area (Å²) in [6.07, 6.45) is 0.537. The maximum absolute atomic E-state index is 10.3. The van der Waals surface area contributed by atoms with Gasteiger partial charge in [-0.15, -0.1) is 0 Å². The van der Waals surface area contributed by atoms with E-state index in [4.69, 9.17) is 5.73 Å². The third-order valence-electron chi connectivity index (χ3n) is 0.633. The topological polar surface area (TPSA) is 43.1 Å². The van der Waals surface area contributed by atoms with Gasteiger partial charge in [0.1, 0.15) is 0 Å². The molecule has 0 aromatic carbocycles. The Balaban J connectivity index is 2.40. The number of nitrogens with two attached hydrogens (primary N) is 1. The van der Waals surface area contributed by atoms with Crippen LogP contribution >= 0.6 is 21.6 Å². The molecule has 40 valence electrons. The van der Waals surface area contributed by atoms with Crippen molar-refractivity contribution in [2.45, 2.75) is 11.8 Å². The van der Waals surface area contributed by atoms with E-state index in [1.807, 2.05) is 0 Å². The van der Waals surface area contributed by atoms with Gasteiger partial charge in [-0.1, -0.05) is 10.8 Å². The maximum atomic E-state index is 10.3. The molecule has 0 aliphatic carbocycles. The molecule has 4 heteroatoms. The van der Waals surface area contributed by atoms with Crippen molar-refractivity contribution >= 4 is 26.7 Å². The zero-order valence-corrected chi connectivity index (χ0v) is 5.22. The highest BCUT2D eigenvalue weighted by Gasteiger charge is 2.19. The zero-order valence-electron chi connectivity index (χ0n) is 3.59. The highest BCUT2D eigenvalue weighted by atomic mass is 33.1. The van der Waals surface area contributed by atoms with Crippen molar-refractivity contribution in [2.75, 3.05) is 0 Å². The Morgan fingerprint density at radius 2 is 2.57 bits per heavy atom. The van der Waals surface area contributed by atoms with E-state index in [1.165, 1.54) is 21.6 Å². The summed E-state index contributed by atoms with van der Waals surface area (Å²) in [5.41, 5.74) is 5.35. The molecule has 1 atom stereocenters. The van der Waals surface area contributed by atoms with E-state index in [0.717, 1.165) is 0 Å². The molecule has 1 fully saturated rings. The van der Waals surface area contributed by atoms with Gasteiger partial charge in [0.2, 0.25) is 5.12 Å². The quantitative estimate of drug-likeness (QED) is 0.493. The van der Waals surface area contributed by atoms with Crippen molar-refractivity contribution in [2.24, 2.45) is 5.73 Å². The van der Waals surface area contributed by atoms with Crippen LogP contribution in [0.1, 0.15) is 6.42 Å². The lowest BCUT2D eigenvalue weighted by molar-refractivity contribution is -0.110. The van der Waals surface area contributed by atoms with Crippen molar-refractivity contribution in [3.8, 4) is 0 Å². The largest absolute Gasteiger partial charge is 0.318 e. The van der Waals surface area contributed by atoms with E-state index >= 15 is 0 Å². The fourth-order valence-corrected chi connectivity index (χ4v) is 2.25. The van der Waals surface area contributed by atoms with Crippen molar-refractivity contribution < 1.29 is 4.79 Å². The first-order chi connectivity index (χ1) is 3.29. The van der Waals surface area contributed by atoms with Crippen molar-refractivity contribution in [1.82, 2.24) is 0 Å². The molecule has 0 aromatic rings. The van der Waals surface area contributed by atoms with E-state index in [9.17, 15) is 4.79 Å². The summed E-state index contributed by atoms with van der Waals surface area (Å²) in [7, 11) is 2.71. The van der Waals surface area contributed by atoms with Crippen LogP contribution in [0.3, 0.4) is 0 Å². The lowest BCUT2D eigenvalue weighted by Crippen LogP contribution is -2.11. The number of hydrogen-bond donors (Lipinski definition) is 1. The Labute approximate surface area is 49.6 Å². The van der Waals surface area contributed by atoms with Crippen molar-refractivity contribution in [3.63, 3.8) is 0 Å². The summed E-state index contributed by atoms with van der Waals surface area (Å²) >= 11 is 0. The maximum Gasteiger partial charge on any atom is 0.201 e. The first kappa shape index (κ1) is 5.47. The fraction of sp³-hybridized carbons (Fsp3) is 0.667. The molecule has 1 unspecified atom stereocenters. The molecule has 0 radical (unpaired) electrons. The molecule has 1 aliphatic heterocycles. The van der Waals surface area contributed by atoms with Crippen LogP contribution in [0.2, 0.25) is 0 Å². The van der Waals surface area contributed by atoms with E-state index < -0.39 is 0 Å². The Morgan fingerprint density at radius 1 is 1.86 bits per heavy atom. The molecule has 2 N–H and O–H groups in total. The highest BCUT2D eigenvalue weighted by molar-refractivity contribution is 8.83. The molecular weight excluding hydrogens is 130 g/mol. The van der Waals surface area contributed by atoms with Crippen LogP contribution in [0.5, 0.6) is 0 Å². The summed E-state index contributed by atoms with van der Waals surface area (Å²) in [5.74, 6) is 0. The molecule has 0 aromatic heterocycles. The van der Waals surface area contributed by atoms with E-state index in [2.05, 4.69) is 0 Å². The Kier molecular flexibility index (Phi) is 1.61. The summed E-state index contributed by atoms with van der Waals surface area (Å²) < 4.78 is 0. The summed E-state index contributed by atoms with van der Waals surface area (Å²) in [4.78, 5) is 10.3. The molecule has 0 spiro atoms. The minimum Gasteiger partial charge on any atom is -0.318 e. The van der Waals surface area contributed by atoms with Crippen LogP contribution in [0.15, 0.2) is 0 Å². The number of carbonyl (C=O) groups excluding carboxylic acids is 1. The average Bonchev–Trinajstić information content (AvgIpc) is 1.87. The summed E-state index contributed by atoms with van der Waals surface area (Å²) in [6, 6.07) is 0. The summed E-state index contributed by atoms with van der Waals surface area (Å²) in [6.45, 7) is 0. The number of rotatable bonds is 0. The van der Waals surface area contributed by atoms with Crippen LogP contribution in [-0.2, 0) is 4.79 Å². The molecule has 1 saturated heterocycles. The van der Waals surface area contributed by atoms with E-state index in [-0.39, 0.29) is 10.5 Å². The van der Waals surface area contributed by atoms with Gasteiger partial charge in [0.25, 0.3) is 0 Å². The Bertz CT molecular complexity index is 94.9. The summed E-state index contributed by atoms with van der Waals surface area (Å²) in [5, 5.41) is 0.259. The fourth-order valence-electron chi connectivity index (χ4n) is 0.348. The van der Waals surface area contributed by atoms with Gasteiger partial charge < -0.3 is 5.73 Å². The smallest absolute Gasteiger partial charge is 0.201 e. The van der Waals surface area contributed by atoms with Gasteiger partial charge in [0, 0.05) is 6.42 Å². The second-order valence-corrected chi connectivity index (χ2v) is 3.79. The standard InChI is InChI=1S/C3H5NOS2/c4-2-1-3(5)7-6-2/h2H,1,4H2. The predicted octanol–water partition coefficient (Wildman–Crippen LogP) is 0.583. The molecule has 1 aliphatic rings. The number of hydrogen-bond acceptors (Lipinski definition) is 4. The van der Waals surface area contributed by atoms with Crippen molar-refractivity contribution in [3.05, 3.63) is 0 Å². The van der Waals surface area contributed by atoms with E-state index in [1.54, 1.807) is 0 Å². The van der Waals surface area contributed by atoms with Crippen LogP contribution in [0, 0.1) is 0 Å². The lowest BCUT2D eigenvalue weighted by atomic mass is 10.5. The van der Waals surface area contributed by atoms with Crippen LogP contribution in [0.25, 0.3) is 0 Å². The highest BCUT2D eigenvalue weighted by Crippen LogP contribution is 2.35. The lowest BCUT2D eigenvalue weighted by Gasteiger charge is -1.89. The molecule has 0 bridgehead atoms. The second-order valence-electron chi connectivity index (χ2n) is 1.29. The first-order valence-corrected chi connectivity index (χ1v) is 4.12. The molecule has 2 nitrogen and oxygen atoms in total. The molecule has 1 rings (SSSR count). The monoisotopic (exact) mass is 135 g/mol. The minimum atomic E-state index is 0.0532. The minimum absolute atomic E-state index is 0.0532. The average molecular weight is 135 g/mol. The van der Waals surface area contributed by atoms with Crippen LogP contribution < -0.4 is 5.73 Å². The van der Waals surface area contributed by atoms with Crippen molar-refractivity contribution in [1.29, 1.82) is 0 Å². The number of carbonyl (C=O) groups is 1. The normalized spacial score (nSPS) is 31.6. The second kappa shape index (κ2) is 2.07. The Hall–Kier alpha value is 0.330. The predicted molar refractivity (Wildman–Crippen MR) is 32.8 cm³/mol. The van der Waals surface area contributed by atoms with Gasteiger partial charge in [-0.3, -0.25) is 4.79 Å². The Morgan fingerprint density at radius 3 is 2.71 bits per heavy atom. The van der Waals surface area contributed by atoms with Gasteiger partial charge in [-0.25, -0.2) is 0 Å². The van der Waals surface area contributed by atoms with E-state index in [0.29, 0.717) is 6.42 Å². The zero-order chi connectivity index (χ0) is 5.28. The SMILES string of the molecule is NC1CC(=O)SS1. The van der Waals surface area contributed by atoms with Gasteiger partial charge in [-0.05, 0) is 10.8 Å². The van der Waals surface area contributed by atoms with Gasteiger partial charge in [0.05, 0.1) is 5.37 Å². The molecule has 1 heterocycles. The van der Waals surface area contributed by atoms with Gasteiger partial charge in [0.15, 0.2) is 0 Å². The first-order valence-electron chi connectivity index (χ1n) is 1.91. The molecular formula is C3H5NOS2. The van der Waals surface area contributed by atoms with Gasteiger partial charge in [-0.2, -0.15) is 0 Å². The van der Waals surface area contributed by atoms with Crippen LogP contribution in [0.4, 0.5) is 0 Å². The molecule has 0 amide bonds. The van der Waals surface area contributed by atoms with Crippen LogP contribution in [-0.4, -0.2) is 10.5 Å². The third-order valence-corrected chi connectivity index (χ3v) is 3.08. The third kappa shape index (κ3) is 1.36.